The highest BCUT2D eigenvalue weighted by atomic mass is 35.5. The lowest BCUT2D eigenvalue weighted by molar-refractivity contribution is -0.115. The Kier molecular flexibility index (Phi) is 6.39. The Morgan fingerprint density at radius 2 is 2.12 bits per heavy atom. The van der Waals surface area contributed by atoms with Gasteiger partial charge < -0.3 is 14.8 Å². The van der Waals surface area contributed by atoms with Crippen LogP contribution in [-0.4, -0.2) is 30.7 Å². The van der Waals surface area contributed by atoms with Gasteiger partial charge in [0.15, 0.2) is 5.13 Å². The fourth-order valence-electron chi connectivity index (χ4n) is 1.81. The molecule has 1 aromatic heterocycles. The van der Waals surface area contributed by atoms with Crippen molar-refractivity contribution in [2.24, 2.45) is 0 Å². The molecule has 0 saturated carbocycles. The molecular formula is C15H16ClN3O4S. The van der Waals surface area contributed by atoms with Gasteiger partial charge in [-0.2, -0.15) is 0 Å². The summed E-state index contributed by atoms with van der Waals surface area (Å²) in [5, 5.41) is 7.70. The molecule has 2 N–H and O–H groups in total. The van der Waals surface area contributed by atoms with Gasteiger partial charge in [0, 0.05) is 11.1 Å². The number of rotatable bonds is 6. The molecule has 0 aliphatic carbocycles. The standard InChI is InChI=1S/C15H16ClN3O4S/c1-3-23-15(21)19-14-18-10(8-24-14)7-13(20)17-9-4-5-12(22-2)11(16)6-9/h4-6,8H,3,7H2,1-2H3,(H,17,20)(H,18,19,21). The van der Waals surface area contributed by atoms with Crippen LogP contribution in [0.4, 0.5) is 15.6 Å². The van der Waals surface area contributed by atoms with E-state index in [1.807, 2.05) is 0 Å². The van der Waals surface area contributed by atoms with Crippen LogP contribution in [0.3, 0.4) is 0 Å². The number of halogens is 1. The third-order valence-electron chi connectivity index (χ3n) is 2.81. The molecule has 0 atom stereocenters. The minimum Gasteiger partial charge on any atom is -0.495 e. The van der Waals surface area contributed by atoms with Gasteiger partial charge in [0.05, 0.1) is 30.9 Å². The molecule has 2 aromatic rings. The number of carbonyl (C=O) groups is 2. The van der Waals surface area contributed by atoms with Gasteiger partial charge in [-0.05, 0) is 25.1 Å². The van der Waals surface area contributed by atoms with E-state index in [1.165, 1.54) is 18.4 Å². The van der Waals surface area contributed by atoms with E-state index in [1.54, 1.807) is 30.5 Å². The third-order valence-corrected chi connectivity index (χ3v) is 3.92. The first-order valence-electron chi connectivity index (χ1n) is 7.03. The summed E-state index contributed by atoms with van der Waals surface area (Å²) in [6.07, 6.45) is -0.499. The lowest BCUT2D eigenvalue weighted by Crippen LogP contribution is -2.15. The predicted molar refractivity (Wildman–Crippen MR) is 93.1 cm³/mol. The molecule has 128 valence electrons. The molecule has 1 heterocycles. The zero-order valence-electron chi connectivity index (χ0n) is 13.1. The maximum absolute atomic E-state index is 12.0. The zero-order chi connectivity index (χ0) is 17.5. The molecule has 0 fully saturated rings. The van der Waals surface area contributed by atoms with Gasteiger partial charge in [0.25, 0.3) is 0 Å². The van der Waals surface area contributed by atoms with Gasteiger partial charge in [-0.1, -0.05) is 11.6 Å². The molecule has 0 bridgehead atoms. The highest BCUT2D eigenvalue weighted by Gasteiger charge is 2.11. The maximum atomic E-state index is 12.0. The van der Waals surface area contributed by atoms with Crippen molar-refractivity contribution in [3.63, 3.8) is 0 Å². The molecule has 0 saturated heterocycles. The monoisotopic (exact) mass is 369 g/mol. The second kappa shape index (κ2) is 8.51. The van der Waals surface area contributed by atoms with Crippen molar-refractivity contribution in [3.05, 3.63) is 34.3 Å². The van der Waals surface area contributed by atoms with Crippen LogP contribution in [0, 0.1) is 0 Å². The van der Waals surface area contributed by atoms with Gasteiger partial charge in [-0.15, -0.1) is 11.3 Å². The van der Waals surface area contributed by atoms with E-state index in [-0.39, 0.29) is 18.9 Å². The molecule has 24 heavy (non-hydrogen) atoms. The number of hydrogen-bond acceptors (Lipinski definition) is 6. The SMILES string of the molecule is CCOC(=O)Nc1nc(CC(=O)Nc2ccc(OC)c(Cl)c2)cs1. The number of nitrogens with zero attached hydrogens (tertiary/aromatic N) is 1. The van der Waals surface area contributed by atoms with Crippen molar-refractivity contribution in [2.75, 3.05) is 24.4 Å². The van der Waals surface area contributed by atoms with Gasteiger partial charge in [0.1, 0.15) is 5.75 Å². The van der Waals surface area contributed by atoms with Gasteiger partial charge in [0.2, 0.25) is 5.91 Å². The number of nitrogens with one attached hydrogen (secondary N) is 2. The van der Waals surface area contributed by atoms with Crippen molar-refractivity contribution in [2.45, 2.75) is 13.3 Å². The molecule has 1 aromatic carbocycles. The van der Waals surface area contributed by atoms with E-state index >= 15 is 0 Å². The predicted octanol–water partition coefficient (Wildman–Crippen LogP) is 3.55. The topological polar surface area (TPSA) is 89.5 Å². The number of hydrogen-bond donors (Lipinski definition) is 2. The summed E-state index contributed by atoms with van der Waals surface area (Å²) < 4.78 is 9.81. The van der Waals surface area contributed by atoms with E-state index in [0.29, 0.717) is 27.3 Å². The summed E-state index contributed by atoms with van der Waals surface area (Å²) in [5.41, 5.74) is 1.11. The van der Waals surface area contributed by atoms with Gasteiger partial charge in [-0.3, -0.25) is 10.1 Å². The zero-order valence-corrected chi connectivity index (χ0v) is 14.7. The summed E-state index contributed by atoms with van der Waals surface area (Å²) in [5.74, 6) is 0.285. The second-order valence-corrected chi connectivity index (χ2v) is 5.83. The molecule has 2 rings (SSSR count). The molecule has 0 unspecified atom stereocenters. The summed E-state index contributed by atoms with van der Waals surface area (Å²) in [6.45, 7) is 1.99. The average Bonchev–Trinajstić information content (AvgIpc) is 2.94. The third kappa shape index (κ3) is 5.10. The Balaban J connectivity index is 1.92. The first kappa shape index (κ1) is 18.0. The minimum atomic E-state index is -0.573. The number of ether oxygens (including phenoxy) is 2. The molecule has 9 heteroatoms. The van der Waals surface area contributed by atoms with Crippen molar-refractivity contribution in [1.82, 2.24) is 4.98 Å². The number of thiazole rings is 1. The van der Waals surface area contributed by atoms with Crippen LogP contribution in [0.15, 0.2) is 23.6 Å². The van der Waals surface area contributed by atoms with Crippen LogP contribution < -0.4 is 15.4 Å². The Morgan fingerprint density at radius 3 is 2.79 bits per heavy atom. The van der Waals surface area contributed by atoms with E-state index in [9.17, 15) is 9.59 Å². The smallest absolute Gasteiger partial charge is 0.413 e. The largest absolute Gasteiger partial charge is 0.495 e. The fraction of sp³-hybridized carbons (Fsp3) is 0.267. The summed E-state index contributed by atoms with van der Waals surface area (Å²) in [6, 6.07) is 4.96. The van der Waals surface area contributed by atoms with E-state index in [4.69, 9.17) is 21.1 Å². The molecule has 2 amide bonds. The number of anilines is 2. The van der Waals surface area contributed by atoms with Crippen molar-refractivity contribution in [3.8, 4) is 5.75 Å². The molecule has 0 spiro atoms. The first-order chi connectivity index (χ1) is 11.5. The molecule has 0 aliphatic rings. The fourth-order valence-corrected chi connectivity index (χ4v) is 2.77. The summed E-state index contributed by atoms with van der Waals surface area (Å²) in [7, 11) is 1.52. The number of benzene rings is 1. The second-order valence-electron chi connectivity index (χ2n) is 4.56. The van der Waals surface area contributed by atoms with E-state index in [0.717, 1.165) is 0 Å². The Bertz CT molecular complexity index is 735. The molecule has 7 nitrogen and oxygen atoms in total. The van der Waals surface area contributed by atoms with Crippen LogP contribution in [0.1, 0.15) is 12.6 Å². The van der Waals surface area contributed by atoms with E-state index in [2.05, 4.69) is 15.6 Å². The van der Waals surface area contributed by atoms with Crippen LogP contribution in [0.5, 0.6) is 5.75 Å². The van der Waals surface area contributed by atoms with Crippen LogP contribution >= 0.6 is 22.9 Å². The minimum absolute atomic E-state index is 0.0741. The normalized spacial score (nSPS) is 10.1. The number of methoxy groups -OCH3 is 1. The van der Waals surface area contributed by atoms with E-state index < -0.39 is 6.09 Å². The number of carbonyl (C=O) groups excluding carboxylic acids is 2. The lowest BCUT2D eigenvalue weighted by atomic mass is 10.2. The molecule has 0 radical (unpaired) electrons. The van der Waals surface area contributed by atoms with Gasteiger partial charge >= 0.3 is 6.09 Å². The average molecular weight is 370 g/mol. The highest BCUT2D eigenvalue weighted by molar-refractivity contribution is 7.13. The van der Waals surface area contributed by atoms with Crippen LogP contribution in [0.2, 0.25) is 5.02 Å². The first-order valence-corrected chi connectivity index (χ1v) is 8.29. The quantitative estimate of drug-likeness (QED) is 0.812. The maximum Gasteiger partial charge on any atom is 0.413 e. The van der Waals surface area contributed by atoms with Crippen molar-refractivity contribution < 1.29 is 19.1 Å². The van der Waals surface area contributed by atoms with Crippen molar-refractivity contribution in [1.29, 1.82) is 0 Å². The van der Waals surface area contributed by atoms with Crippen LogP contribution in [0.25, 0.3) is 0 Å². The van der Waals surface area contributed by atoms with Crippen LogP contribution in [-0.2, 0) is 16.0 Å². The highest BCUT2D eigenvalue weighted by Crippen LogP contribution is 2.27. The summed E-state index contributed by atoms with van der Waals surface area (Å²) >= 11 is 7.23. The molecular weight excluding hydrogens is 354 g/mol. The van der Waals surface area contributed by atoms with Gasteiger partial charge in [-0.25, -0.2) is 9.78 Å². The van der Waals surface area contributed by atoms with Crippen molar-refractivity contribution >= 4 is 45.8 Å². The number of amides is 2. The lowest BCUT2D eigenvalue weighted by Gasteiger charge is -2.07. The molecule has 0 aliphatic heterocycles. The number of aromatic nitrogens is 1. The Labute approximate surface area is 147 Å². The Morgan fingerprint density at radius 1 is 1.33 bits per heavy atom. The Hall–Kier alpha value is -2.32. The summed E-state index contributed by atoms with van der Waals surface area (Å²) in [4.78, 5) is 27.5.